The number of benzene rings is 1. The number of fused-ring (bicyclic) bond motifs is 1. The lowest BCUT2D eigenvalue weighted by molar-refractivity contribution is 0.601. The van der Waals surface area contributed by atoms with Crippen LogP contribution in [0.25, 0.3) is 0 Å². The van der Waals surface area contributed by atoms with E-state index in [1.54, 1.807) is 24.4 Å². The molecule has 0 aliphatic carbocycles. The minimum absolute atomic E-state index is 0.267. The lowest BCUT2D eigenvalue weighted by atomic mass is 10.1. The highest BCUT2D eigenvalue weighted by molar-refractivity contribution is 7.92. The number of nitrogens with one attached hydrogen (secondary N) is 2. The predicted molar refractivity (Wildman–Crippen MR) is 76.8 cm³/mol. The molecule has 1 aromatic heterocycles. The molecule has 5 nitrogen and oxygen atoms in total. The van der Waals surface area contributed by atoms with Gasteiger partial charge in [-0.05, 0) is 47.9 Å². The van der Waals surface area contributed by atoms with Crippen molar-refractivity contribution in [3.05, 3.63) is 53.2 Å². The van der Waals surface area contributed by atoms with Gasteiger partial charge >= 0.3 is 0 Å². The zero-order valence-electron chi connectivity index (χ0n) is 11.1. The van der Waals surface area contributed by atoms with Crippen molar-refractivity contribution >= 4 is 15.8 Å². The zero-order valence-corrected chi connectivity index (χ0v) is 11.9. The molecule has 0 fully saturated rings. The summed E-state index contributed by atoms with van der Waals surface area (Å²) in [6.45, 7) is 3.39. The lowest BCUT2D eigenvalue weighted by Gasteiger charge is -2.09. The highest BCUT2D eigenvalue weighted by Crippen LogP contribution is 2.21. The highest BCUT2D eigenvalue weighted by atomic mass is 32.2. The second-order valence-corrected chi connectivity index (χ2v) is 6.54. The first kappa shape index (κ1) is 13.1. The van der Waals surface area contributed by atoms with Gasteiger partial charge in [0.15, 0.2) is 0 Å². The van der Waals surface area contributed by atoms with Crippen LogP contribution >= 0.6 is 0 Å². The standard InChI is InChI=1S/C14H15N3O2S/c1-10-4-5-16-14(6-10)17-20(18,19)13-3-2-11-8-15-9-12(11)7-13/h2-7,15H,8-9H2,1H3,(H,16,17). The normalized spacial score (nSPS) is 14.1. The van der Waals surface area contributed by atoms with Gasteiger partial charge in [-0.25, -0.2) is 13.4 Å². The number of nitrogens with zero attached hydrogens (tertiary/aromatic N) is 1. The molecule has 1 aliphatic heterocycles. The van der Waals surface area contributed by atoms with Crippen molar-refractivity contribution in [2.45, 2.75) is 24.9 Å². The number of hydrogen-bond donors (Lipinski definition) is 2. The van der Waals surface area contributed by atoms with Crippen LogP contribution in [-0.2, 0) is 23.1 Å². The van der Waals surface area contributed by atoms with Gasteiger partial charge in [-0.3, -0.25) is 4.72 Å². The second kappa shape index (κ2) is 4.88. The van der Waals surface area contributed by atoms with E-state index in [1.807, 2.05) is 19.1 Å². The molecule has 1 aromatic carbocycles. The van der Waals surface area contributed by atoms with Crippen molar-refractivity contribution < 1.29 is 8.42 Å². The molecule has 0 saturated heterocycles. The molecule has 6 heteroatoms. The van der Waals surface area contributed by atoms with Gasteiger partial charge in [-0.2, -0.15) is 0 Å². The smallest absolute Gasteiger partial charge is 0.263 e. The molecule has 20 heavy (non-hydrogen) atoms. The monoisotopic (exact) mass is 289 g/mol. The fourth-order valence-corrected chi connectivity index (χ4v) is 3.28. The third-order valence-electron chi connectivity index (χ3n) is 3.27. The number of aryl methyl sites for hydroxylation is 1. The average molecular weight is 289 g/mol. The number of sulfonamides is 1. The Labute approximate surface area is 118 Å². The van der Waals surface area contributed by atoms with Crippen molar-refractivity contribution in [1.29, 1.82) is 0 Å². The summed E-state index contributed by atoms with van der Waals surface area (Å²) in [5.74, 6) is 0.337. The maximum absolute atomic E-state index is 12.3. The quantitative estimate of drug-likeness (QED) is 0.904. The van der Waals surface area contributed by atoms with Gasteiger partial charge in [0.05, 0.1) is 4.90 Å². The van der Waals surface area contributed by atoms with Crippen molar-refractivity contribution in [3.63, 3.8) is 0 Å². The fraction of sp³-hybridized carbons (Fsp3) is 0.214. The van der Waals surface area contributed by atoms with Crippen LogP contribution in [0.4, 0.5) is 5.82 Å². The minimum Gasteiger partial charge on any atom is -0.309 e. The molecule has 0 saturated carbocycles. The zero-order chi connectivity index (χ0) is 14.2. The summed E-state index contributed by atoms with van der Waals surface area (Å²) >= 11 is 0. The van der Waals surface area contributed by atoms with Crippen molar-refractivity contribution in [2.75, 3.05) is 4.72 Å². The summed E-state index contributed by atoms with van der Waals surface area (Å²) in [5.41, 5.74) is 3.14. The van der Waals surface area contributed by atoms with E-state index in [-0.39, 0.29) is 4.90 Å². The van der Waals surface area contributed by atoms with Crippen LogP contribution in [0.15, 0.2) is 41.4 Å². The van der Waals surface area contributed by atoms with Crippen molar-refractivity contribution in [2.24, 2.45) is 0 Å². The third-order valence-corrected chi connectivity index (χ3v) is 4.63. The Morgan fingerprint density at radius 3 is 2.75 bits per heavy atom. The number of anilines is 1. The Morgan fingerprint density at radius 1 is 1.15 bits per heavy atom. The Balaban J connectivity index is 1.92. The molecule has 2 aromatic rings. The molecule has 3 rings (SSSR count). The van der Waals surface area contributed by atoms with Crippen LogP contribution in [-0.4, -0.2) is 13.4 Å². The average Bonchev–Trinajstić information content (AvgIpc) is 2.85. The molecule has 0 bridgehead atoms. The molecule has 0 amide bonds. The van der Waals surface area contributed by atoms with Gasteiger partial charge in [-0.15, -0.1) is 0 Å². The molecule has 2 N–H and O–H groups in total. The highest BCUT2D eigenvalue weighted by Gasteiger charge is 2.18. The van der Waals surface area contributed by atoms with E-state index in [4.69, 9.17) is 0 Å². The summed E-state index contributed by atoms with van der Waals surface area (Å²) in [7, 11) is -3.59. The molecule has 2 heterocycles. The third kappa shape index (κ3) is 2.52. The lowest BCUT2D eigenvalue weighted by Crippen LogP contribution is -2.14. The summed E-state index contributed by atoms with van der Waals surface area (Å²) in [5, 5.41) is 3.20. The summed E-state index contributed by atoms with van der Waals surface area (Å²) in [6, 6.07) is 8.72. The van der Waals surface area contributed by atoms with E-state index in [2.05, 4.69) is 15.0 Å². The van der Waals surface area contributed by atoms with Crippen LogP contribution in [0.5, 0.6) is 0 Å². The van der Waals surface area contributed by atoms with E-state index in [0.717, 1.165) is 23.2 Å². The summed E-state index contributed by atoms with van der Waals surface area (Å²) in [6.07, 6.45) is 1.58. The van der Waals surface area contributed by atoms with E-state index >= 15 is 0 Å². The van der Waals surface area contributed by atoms with Gasteiger partial charge < -0.3 is 5.32 Å². The molecule has 0 radical (unpaired) electrons. The summed E-state index contributed by atoms with van der Waals surface area (Å²) in [4.78, 5) is 4.29. The molecule has 0 atom stereocenters. The second-order valence-electron chi connectivity index (χ2n) is 4.86. The van der Waals surface area contributed by atoms with Crippen molar-refractivity contribution in [3.8, 4) is 0 Å². The van der Waals surface area contributed by atoms with Gasteiger partial charge in [0.1, 0.15) is 5.82 Å². The van der Waals surface area contributed by atoms with Crippen LogP contribution in [0.2, 0.25) is 0 Å². The molecule has 1 aliphatic rings. The molecular weight excluding hydrogens is 274 g/mol. The molecule has 104 valence electrons. The first-order valence-electron chi connectivity index (χ1n) is 6.32. The minimum atomic E-state index is -3.59. The SMILES string of the molecule is Cc1ccnc(NS(=O)(=O)c2ccc3c(c2)CNC3)c1. The van der Waals surface area contributed by atoms with E-state index < -0.39 is 10.0 Å². The van der Waals surface area contributed by atoms with Crippen LogP contribution in [0.1, 0.15) is 16.7 Å². The number of rotatable bonds is 3. The van der Waals surface area contributed by atoms with E-state index in [1.165, 1.54) is 0 Å². The molecule has 0 spiro atoms. The largest absolute Gasteiger partial charge is 0.309 e. The Morgan fingerprint density at radius 2 is 1.95 bits per heavy atom. The Kier molecular flexibility index (Phi) is 3.19. The molecular formula is C14H15N3O2S. The van der Waals surface area contributed by atoms with E-state index in [9.17, 15) is 8.42 Å². The maximum atomic E-state index is 12.3. The van der Waals surface area contributed by atoms with Gasteiger partial charge in [0, 0.05) is 19.3 Å². The predicted octanol–water partition coefficient (Wildman–Crippen LogP) is 1.79. The van der Waals surface area contributed by atoms with Crippen molar-refractivity contribution in [1.82, 2.24) is 10.3 Å². The first-order chi connectivity index (χ1) is 9.54. The van der Waals surface area contributed by atoms with E-state index in [0.29, 0.717) is 12.4 Å². The fourth-order valence-electron chi connectivity index (χ4n) is 2.23. The molecule has 0 unspecified atom stereocenters. The number of aromatic nitrogens is 1. The number of pyridine rings is 1. The van der Waals surface area contributed by atoms with Gasteiger partial charge in [0.25, 0.3) is 10.0 Å². The summed E-state index contributed by atoms with van der Waals surface area (Å²) < 4.78 is 27.2. The van der Waals surface area contributed by atoms with Gasteiger partial charge in [0.2, 0.25) is 0 Å². The van der Waals surface area contributed by atoms with Gasteiger partial charge in [-0.1, -0.05) is 6.07 Å². The van der Waals surface area contributed by atoms with Crippen LogP contribution in [0.3, 0.4) is 0 Å². The van der Waals surface area contributed by atoms with Crippen LogP contribution < -0.4 is 10.0 Å². The Hall–Kier alpha value is -1.92. The Bertz CT molecular complexity index is 757. The number of hydrogen-bond acceptors (Lipinski definition) is 4. The van der Waals surface area contributed by atoms with Crippen LogP contribution in [0, 0.1) is 6.92 Å². The first-order valence-corrected chi connectivity index (χ1v) is 7.81. The maximum Gasteiger partial charge on any atom is 0.263 e. The topological polar surface area (TPSA) is 71.1 Å².